The summed E-state index contributed by atoms with van der Waals surface area (Å²) >= 11 is 5.74. The average Bonchev–Trinajstić information content (AvgIpc) is 3.08. The van der Waals surface area contributed by atoms with Crippen molar-refractivity contribution < 1.29 is 28.8 Å². The number of benzene rings is 3. The Morgan fingerprint density at radius 3 is 2.46 bits per heavy atom. The molecule has 0 fully saturated rings. The molecule has 1 aliphatic rings. The zero-order valence-electron chi connectivity index (χ0n) is 18.1. The number of nitro benzene ring substituents is 1. The van der Waals surface area contributed by atoms with Gasteiger partial charge in [-0.15, -0.1) is 0 Å². The summed E-state index contributed by atoms with van der Waals surface area (Å²) in [5, 5.41) is 13.2. The third-order valence-corrected chi connectivity index (χ3v) is 5.56. The van der Waals surface area contributed by atoms with Crippen LogP contribution in [0, 0.1) is 17.0 Å². The lowest BCUT2D eigenvalue weighted by molar-refractivity contribution is -0.384. The number of hydrogen-bond acceptors (Lipinski definition) is 7. The van der Waals surface area contributed by atoms with Crippen molar-refractivity contribution in [3.8, 4) is 0 Å². The van der Waals surface area contributed by atoms with Crippen molar-refractivity contribution in [1.29, 1.82) is 0 Å². The highest BCUT2D eigenvalue weighted by molar-refractivity contribution is 6.35. The van der Waals surface area contributed by atoms with Crippen LogP contribution in [0.5, 0.6) is 0 Å². The number of anilines is 2. The number of esters is 1. The first-order valence-corrected chi connectivity index (χ1v) is 10.5. The molecule has 1 N–H and O–H groups in total. The number of fused-ring (bicyclic) bond motifs is 1. The van der Waals surface area contributed by atoms with Crippen molar-refractivity contribution in [1.82, 2.24) is 0 Å². The van der Waals surface area contributed by atoms with E-state index < -0.39 is 40.9 Å². The molecule has 0 unspecified atom stereocenters. The number of nitro groups is 1. The van der Waals surface area contributed by atoms with E-state index in [4.69, 9.17) is 16.3 Å². The van der Waals surface area contributed by atoms with E-state index in [0.29, 0.717) is 5.69 Å². The number of halogens is 1. The van der Waals surface area contributed by atoms with Crippen LogP contribution in [0.4, 0.5) is 17.1 Å². The fraction of sp³-hybridized carbons (Fsp3) is 0.0833. The van der Waals surface area contributed by atoms with E-state index in [1.807, 2.05) is 0 Å². The van der Waals surface area contributed by atoms with Gasteiger partial charge in [0.15, 0.2) is 6.61 Å². The van der Waals surface area contributed by atoms with Crippen molar-refractivity contribution >= 4 is 52.4 Å². The van der Waals surface area contributed by atoms with Gasteiger partial charge < -0.3 is 10.1 Å². The number of nitrogens with one attached hydrogen (secondary N) is 1. The molecule has 11 heteroatoms. The normalized spacial score (nSPS) is 12.3. The molecule has 0 saturated heterocycles. The SMILES string of the molecule is Cc1ccccc1N1C(=O)c2ccc(C(=O)OCC(=O)Nc3ccc(Cl)c([N+](=O)[O-])c3)cc2C1=O. The number of imide groups is 1. The summed E-state index contributed by atoms with van der Waals surface area (Å²) in [6.45, 7) is 1.09. The van der Waals surface area contributed by atoms with Crippen LogP contribution in [-0.2, 0) is 9.53 Å². The average molecular weight is 494 g/mol. The quantitative estimate of drug-likeness (QED) is 0.236. The summed E-state index contributed by atoms with van der Waals surface area (Å²) in [6, 6.07) is 14.5. The van der Waals surface area contributed by atoms with Crippen LogP contribution >= 0.6 is 11.6 Å². The highest BCUT2D eigenvalue weighted by Crippen LogP contribution is 2.31. The van der Waals surface area contributed by atoms with E-state index in [2.05, 4.69) is 5.32 Å². The largest absolute Gasteiger partial charge is 0.452 e. The Hall–Kier alpha value is -4.57. The number of amides is 3. The molecule has 3 aromatic rings. The second kappa shape index (κ2) is 9.35. The van der Waals surface area contributed by atoms with Gasteiger partial charge in [-0.25, -0.2) is 9.69 Å². The van der Waals surface area contributed by atoms with Crippen LogP contribution in [0.3, 0.4) is 0 Å². The number of rotatable bonds is 6. The lowest BCUT2D eigenvalue weighted by Crippen LogP contribution is -2.29. The van der Waals surface area contributed by atoms with Crippen LogP contribution in [0.1, 0.15) is 36.6 Å². The molecule has 0 atom stereocenters. The minimum atomic E-state index is -0.889. The zero-order chi connectivity index (χ0) is 25.3. The molecule has 4 rings (SSSR count). The Morgan fingerprint density at radius 2 is 1.74 bits per heavy atom. The van der Waals surface area contributed by atoms with Crippen LogP contribution in [0.25, 0.3) is 0 Å². The van der Waals surface area contributed by atoms with E-state index in [0.717, 1.165) is 16.5 Å². The zero-order valence-corrected chi connectivity index (χ0v) is 18.9. The van der Waals surface area contributed by atoms with Crippen molar-refractivity contribution in [2.45, 2.75) is 6.92 Å². The van der Waals surface area contributed by atoms with Gasteiger partial charge in [0, 0.05) is 11.8 Å². The van der Waals surface area contributed by atoms with E-state index in [1.165, 1.54) is 30.3 Å². The number of aryl methyl sites for hydroxylation is 1. The number of carbonyl (C=O) groups is 4. The molecule has 1 aliphatic heterocycles. The summed E-state index contributed by atoms with van der Waals surface area (Å²) in [5.74, 6) is -2.71. The van der Waals surface area contributed by atoms with Gasteiger partial charge in [-0.05, 0) is 48.9 Å². The van der Waals surface area contributed by atoms with Crippen LogP contribution in [0.2, 0.25) is 5.02 Å². The maximum absolute atomic E-state index is 12.9. The predicted molar refractivity (Wildman–Crippen MR) is 126 cm³/mol. The van der Waals surface area contributed by atoms with E-state index in [1.54, 1.807) is 31.2 Å². The predicted octanol–water partition coefficient (Wildman–Crippen LogP) is 4.15. The van der Waals surface area contributed by atoms with Gasteiger partial charge in [-0.1, -0.05) is 29.8 Å². The Balaban J connectivity index is 1.44. The first kappa shape index (κ1) is 23.6. The molecule has 1 heterocycles. The van der Waals surface area contributed by atoms with Gasteiger partial charge in [-0.3, -0.25) is 24.5 Å². The fourth-order valence-corrected chi connectivity index (χ4v) is 3.73. The van der Waals surface area contributed by atoms with Crippen molar-refractivity contribution in [3.63, 3.8) is 0 Å². The van der Waals surface area contributed by atoms with Crippen LogP contribution in [0.15, 0.2) is 60.7 Å². The molecular formula is C24H16ClN3O7. The number of nitrogens with zero attached hydrogens (tertiary/aromatic N) is 2. The Kier molecular flexibility index (Phi) is 6.30. The lowest BCUT2D eigenvalue weighted by atomic mass is 10.1. The summed E-state index contributed by atoms with van der Waals surface area (Å²) in [6.07, 6.45) is 0. The highest BCUT2D eigenvalue weighted by Gasteiger charge is 2.37. The van der Waals surface area contributed by atoms with Crippen molar-refractivity contribution in [3.05, 3.63) is 98.1 Å². The summed E-state index contributed by atoms with van der Waals surface area (Å²) in [7, 11) is 0. The third kappa shape index (κ3) is 4.59. The summed E-state index contributed by atoms with van der Waals surface area (Å²) in [4.78, 5) is 61.7. The summed E-state index contributed by atoms with van der Waals surface area (Å²) < 4.78 is 5.00. The topological polar surface area (TPSA) is 136 Å². The fourth-order valence-electron chi connectivity index (χ4n) is 3.54. The third-order valence-electron chi connectivity index (χ3n) is 5.24. The summed E-state index contributed by atoms with van der Waals surface area (Å²) in [5.41, 5.74) is 1.06. The number of ether oxygens (including phenoxy) is 1. The van der Waals surface area contributed by atoms with Gasteiger partial charge in [0.1, 0.15) is 5.02 Å². The monoisotopic (exact) mass is 493 g/mol. The molecule has 176 valence electrons. The molecule has 35 heavy (non-hydrogen) atoms. The number of hydrogen-bond donors (Lipinski definition) is 1. The Bertz CT molecular complexity index is 1420. The molecule has 0 spiro atoms. The molecular weight excluding hydrogens is 478 g/mol. The molecule has 3 aromatic carbocycles. The Labute approximate surface area is 203 Å². The van der Waals surface area contributed by atoms with Gasteiger partial charge in [-0.2, -0.15) is 0 Å². The number of carbonyl (C=O) groups excluding carboxylic acids is 4. The second-order valence-electron chi connectivity index (χ2n) is 7.54. The van der Waals surface area contributed by atoms with Gasteiger partial charge >= 0.3 is 5.97 Å². The maximum Gasteiger partial charge on any atom is 0.338 e. The lowest BCUT2D eigenvalue weighted by Gasteiger charge is -2.16. The minimum absolute atomic E-state index is 0.0218. The molecule has 10 nitrogen and oxygen atoms in total. The molecule has 0 aromatic heterocycles. The smallest absolute Gasteiger partial charge is 0.338 e. The first-order valence-electron chi connectivity index (χ1n) is 10.2. The van der Waals surface area contributed by atoms with Gasteiger partial charge in [0.05, 0.1) is 27.3 Å². The molecule has 0 bridgehead atoms. The van der Waals surface area contributed by atoms with Crippen LogP contribution in [-0.4, -0.2) is 35.2 Å². The highest BCUT2D eigenvalue weighted by atomic mass is 35.5. The number of para-hydroxylation sites is 1. The first-order chi connectivity index (χ1) is 16.7. The minimum Gasteiger partial charge on any atom is -0.452 e. The Morgan fingerprint density at radius 1 is 1.03 bits per heavy atom. The van der Waals surface area contributed by atoms with Gasteiger partial charge in [0.2, 0.25) is 0 Å². The van der Waals surface area contributed by atoms with Crippen LogP contribution < -0.4 is 10.2 Å². The van der Waals surface area contributed by atoms with Crippen molar-refractivity contribution in [2.75, 3.05) is 16.8 Å². The molecule has 0 radical (unpaired) electrons. The second-order valence-corrected chi connectivity index (χ2v) is 7.95. The van der Waals surface area contributed by atoms with Gasteiger partial charge in [0.25, 0.3) is 23.4 Å². The molecule has 3 amide bonds. The van der Waals surface area contributed by atoms with Crippen molar-refractivity contribution in [2.24, 2.45) is 0 Å². The maximum atomic E-state index is 12.9. The van der Waals surface area contributed by atoms with E-state index in [-0.39, 0.29) is 27.4 Å². The molecule has 0 saturated carbocycles. The molecule has 0 aliphatic carbocycles. The van der Waals surface area contributed by atoms with E-state index >= 15 is 0 Å². The van der Waals surface area contributed by atoms with E-state index in [9.17, 15) is 29.3 Å². The standard InChI is InChI=1S/C24H16ClN3O7/c1-13-4-2-3-5-19(13)27-22(30)16-8-6-14(10-17(16)23(27)31)24(32)35-12-21(29)26-15-7-9-18(25)20(11-15)28(33)34/h2-11H,12H2,1H3,(H,26,29).